The SMILES string of the molecule is COc1ccc(OP(=S)(OC[C@@]2(C(F)F)O[C@@H](n3cc(Cl)c(N)nc3=O)[C@@H](F)[C@@H]2O)Oc2ccc(OC)cc2)cc1. The minimum atomic E-state index is -4.02. The molecule has 41 heavy (non-hydrogen) atoms. The van der Waals surface area contributed by atoms with Gasteiger partial charge in [-0.1, -0.05) is 11.6 Å². The van der Waals surface area contributed by atoms with Gasteiger partial charge in [-0.05, 0) is 48.5 Å². The van der Waals surface area contributed by atoms with Gasteiger partial charge in [0, 0.05) is 18.0 Å². The Morgan fingerprint density at radius 2 is 1.59 bits per heavy atom. The number of hydrogen-bond donors (Lipinski definition) is 2. The summed E-state index contributed by atoms with van der Waals surface area (Å²) in [5, 5.41) is 10.4. The zero-order valence-corrected chi connectivity index (χ0v) is 23.8. The Kier molecular flexibility index (Phi) is 9.36. The fourth-order valence-corrected chi connectivity index (χ4v) is 5.87. The van der Waals surface area contributed by atoms with Crippen LogP contribution in [0.1, 0.15) is 6.23 Å². The molecule has 222 valence electrons. The number of nitrogen functional groups attached to an aromatic ring is 1. The molecule has 11 nitrogen and oxygen atoms in total. The van der Waals surface area contributed by atoms with E-state index in [0.29, 0.717) is 16.1 Å². The van der Waals surface area contributed by atoms with Crippen LogP contribution < -0.4 is 29.9 Å². The van der Waals surface area contributed by atoms with Crippen molar-refractivity contribution in [3.05, 3.63) is 70.2 Å². The molecule has 2 aromatic carbocycles. The molecular weight excluding hydrogens is 614 g/mol. The predicted molar refractivity (Wildman–Crippen MR) is 145 cm³/mol. The van der Waals surface area contributed by atoms with Crippen LogP contribution in [0.4, 0.5) is 19.0 Å². The molecule has 3 aromatic rings. The number of alkyl halides is 3. The van der Waals surface area contributed by atoms with Gasteiger partial charge in [-0.3, -0.25) is 9.09 Å². The molecule has 1 saturated heterocycles. The van der Waals surface area contributed by atoms with Gasteiger partial charge in [0.05, 0.1) is 25.8 Å². The van der Waals surface area contributed by atoms with Crippen molar-refractivity contribution in [1.82, 2.24) is 9.55 Å². The summed E-state index contributed by atoms with van der Waals surface area (Å²) in [6.45, 7) is -5.22. The Balaban J connectivity index is 1.65. The highest BCUT2D eigenvalue weighted by Gasteiger charge is 2.62. The normalized spacial score (nSPS) is 22.5. The summed E-state index contributed by atoms with van der Waals surface area (Å²) in [4.78, 5) is 15.7. The summed E-state index contributed by atoms with van der Waals surface area (Å²) in [6, 6.07) is 12.1. The van der Waals surface area contributed by atoms with Crippen molar-refractivity contribution in [2.24, 2.45) is 0 Å². The lowest BCUT2D eigenvalue weighted by Gasteiger charge is -2.32. The van der Waals surface area contributed by atoms with E-state index in [-0.39, 0.29) is 22.3 Å². The van der Waals surface area contributed by atoms with Crippen LogP contribution in [-0.2, 0) is 21.1 Å². The number of anilines is 1. The van der Waals surface area contributed by atoms with Crippen molar-refractivity contribution in [1.29, 1.82) is 0 Å². The molecule has 1 fully saturated rings. The first-order valence-corrected chi connectivity index (χ1v) is 14.6. The molecule has 1 aliphatic heterocycles. The monoisotopic (exact) mass is 637 g/mol. The summed E-state index contributed by atoms with van der Waals surface area (Å²) >= 11 is 11.4. The molecule has 0 radical (unpaired) electrons. The third-order valence-corrected chi connectivity index (χ3v) is 8.36. The topological polar surface area (TPSA) is 137 Å². The molecule has 0 aliphatic carbocycles. The first-order valence-electron chi connectivity index (χ1n) is 11.7. The number of nitrogens with zero attached hydrogens (tertiary/aromatic N) is 2. The van der Waals surface area contributed by atoms with Crippen molar-refractivity contribution < 1.29 is 46.1 Å². The number of methoxy groups -OCH3 is 2. The van der Waals surface area contributed by atoms with Gasteiger partial charge in [0.15, 0.2) is 18.0 Å². The zero-order chi connectivity index (χ0) is 29.9. The van der Waals surface area contributed by atoms with E-state index in [4.69, 9.17) is 56.9 Å². The average Bonchev–Trinajstić information content (AvgIpc) is 3.21. The third kappa shape index (κ3) is 6.55. The Morgan fingerprint density at radius 3 is 2.05 bits per heavy atom. The highest BCUT2D eigenvalue weighted by atomic mass is 35.5. The Bertz CT molecular complexity index is 1420. The van der Waals surface area contributed by atoms with Crippen LogP contribution in [0.2, 0.25) is 5.02 Å². The molecule has 2 heterocycles. The molecule has 0 unspecified atom stereocenters. The molecule has 1 aliphatic rings. The van der Waals surface area contributed by atoms with E-state index in [1.165, 1.54) is 38.5 Å². The van der Waals surface area contributed by atoms with E-state index >= 15 is 4.39 Å². The Hall–Kier alpha value is -3.07. The average molecular weight is 638 g/mol. The molecule has 4 rings (SSSR count). The van der Waals surface area contributed by atoms with Crippen LogP contribution in [0.25, 0.3) is 0 Å². The molecule has 0 bridgehead atoms. The van der Waals surface area contributed by atoms with E-state index in [0.717, 1.165) is 6.20 Å². The number of ether oxygens (including phenoxy) is 3. The number of aliphatic hydroxyl groups is 1. The van der Waals surface area contributed by atoms with Crippen LogP contribution in [0, 0.1) is 0 Å². The predicted octanol–water partition coefficient (Wildman–Crippen LogP) is 4.13. The van der Waals surface area contributed by atoms with E-state index < -0.39 is 49.5 Å². The number of halogens is 4. The molecule has 0 amide bonds. The van der Waals surface area contributed by atoms with Crippen molar-refractivity contribution in [3.63, 3.8) is 0 Å². The highest BCUT2D eigenvalue weighted by molar-refractivity contribution is 8.07. The van der Waals surface area contributed by atoms with Gasteiger partial charge in [-0.2, -0.15) is 4.98 Å². The lowest BCUT2D eigenvalue weighted by Crippen LogP contribution is -2.52. The second-order valence-corrected chi connectivity index (χ2v) is 11.8. The summed E-state index contributed by atoms with van der Waals surface area (Å²) < 4.78 is 77.6. The maximum Gasteiger partial charge on any atom is 0.435 e. The maximum absolute atomic E-state index is 15.3. The van der Waals surface area contributed by atoms with E-state index in [1.54, 1.807) is 24.3 Å². The third-order valence-electron chi connectivity index (χ3n) is 5.99. The smallest absolute Gasteiger partial charge is 0.435 e. The van der Waals surface area contributed by atoms with Gasteiger partial charge in [0.2, 0.25) is 0 Å². The van der Waals surface area contributed by atoms with Crippen molar-refractivity contribution in [2.75, 3.05) is 26.6 Å². The minimum Gasteiger partial charge on any atom is -0.497 e. The second kappa shape index (κ2) is 12.4. The molecule has 1 aromatic heterocycles. The van der Waals surface area contributed by atoms with Gasteiger partial charge in [0.25, 0.3) is 6.43 Å². The molecule has 4 atom stereocenters. The summed E-state index contributed by atoms with van der Waals surface area (Å²) in [5.41, 5.74) is 1.33. The molecule has 17 heteroatoms. The number of hydrogen-bond acceptors (Lipinski definition) is 11. The lowest BCUT2D eigenvalue weighted by atomic mass is 9.97. The Morgan fingerprint density at radius 1 is 1.10 bits per heavy atom. The van der Waals surface area contributed by atoms with Crippen molar-refractivity contribution in [3.8, 4) is 23.0 Å². The quantitative estimate of drug-likeness (QED) is 0.294. The molecule has 0 saturated carbocycles. The van der Waals surface area contributed by atoms with Gasteiger partial charge < -0.3 is 34.1 Å². The molecule has 3 N–H and O–H groups in total. The van der Waals surface area contributed by atoms with Gasteiger partial charge in [-0.25, -0.2) is 18.0 Å². The standard InChI is InChI=1S/C24H24ClF3N3O8PS/c1-34-13-3-7-15(8-4-13)38-40(41,39-16-9-5-14(35-2)6-10-16)36-12-24(22(27)28)19(32)18(26)21(37-24)31-11-17(25)20(29)30-23(31)33/h3-11,18-19,21-22,32H,12H2,1-2H3,(H2,29,30,33)/t18-,19-,21+,24+/m0/s1. The fraction of sp³-hybridized carbons (Fsp3) is 0.333. The minimum absolute atomic E-state index is 0.136. The fourth-order valence-electron chi connectivity index (χ4n) is 3.78. The summed E-state index contributed by atoms with van der Waals surface area (Å²) in [7, 11) is 2.92. The van der Waals surface area contributed by atoms with Crippen LogP contribution in [0.5, 0.6) is 23.0 Å². The molecular formula is C24H24ClF3N3O8PS. The zero-order valence-electron chi connectivity index (χ0n) is 21.4. The van der Waals surface area contributed by atoms with E-state index in [1.807, 2.05) is 0 Å². The van der Waals surface area contributed by atoms with Crippen LogP contribution in [-0.4, -0.2) is 59.8 Å². The van der Waals surface area contributed by atoms with E-state index in [9.17, 15) is 18.7 Å². The number of aromatic nitrogens is 2. The lowest BCUT2D eigenvalue weighted by molar-refractivity contribution is -0.192. The summed E-state index contributed by atoms with van der Waals surface area (Å²) in [6.07, 6.45) is -9.74. The van der Waals surface area contributed by atoms with Crippen molar-refractivity contribution >= 4 is 35.9 Å². The van der Waals surface area contributed by atoms with Gasteiger partial charge in [0.1, 0.15) is 34.9 Å². The van der Waals surface area contributed by atoms with Crippen LogP contribution in [0.15, 0.2) is 59.5 Å². The Labute approximate surface area is 241 Å². The number of benzene rings is 2. The van der Waals surface area contributed by atoms with Gasteiger partial charge in [-0.15, -0.1) is 0 Å². The number of nitrogens with two attached hydrogens (primary N) is 1. The largest absolute Gasteiger partial charge is 0.497 e. The van der Waals surface area contributed by atoms with Crippen LogP contribution >= 0.6 is 18.3 Å². The number of rotatable bonds is 11. The van der Waals surface area contributed by atoms with Gasteiger partial charge >= 0.3 is 12.4 Å². The van der Waals surface area contributed by atoms with Crippen LogP contribution in [0.3, 0.4) is 0 Å². The van der Waals surface area contributed by atoms with E-state index in [2.05, 4.69) is 4.98 Å². The molecule has 0 spiro atoms. The van der Waals surface area contributed by atoms with Crippen molar-refractivity contribution in [2.45, 2.75) is 30.5 Å². The number of aliphatic hydroxyl groups excluding tert-OH is 1. The highest BCUT2D eigenvalue weighted by Crippen LogP contribution is 2.53. The second-order valence-electron chi connectivity index (χ2n) is 8.57. The summed E-state index contributed by atoms with van der Waals surface area (Å²) in [5.74, 6) is 0.898. The first kappa shape index (κ1) is 30.9. The maximum atomic E-state index is 15.3. The first-order chi connectivity index (χ1) is 19.4.